The second kappa shape index (κ2) is 6.35. The molecule has 0 bridgehead atoms. The first-order valence-corrected chi connectivity index (χ1v) is 7.41. The van der Waals surface area contributed by atoms with Crippen LogP contribution >= 0.6 is 15.9 Å². The Morgan fingerprint density at radius 2 is 2.16 bits per heavy atom. The summed E-state index contributed by atoms with van der Waals surface area (Å²) in [5, 5.41) is 7.82. The Morgan fingerprint density at radius 3 is 2.79 bits per heavy atom. The van der Waals surface area contributed by atoms with Crippen LogP contribution in [0.15, 0.2) is 34.9 Å². The van der Waals surface area contributed by atoms with Crippen LogP contribution in [0, 0.1) is 6.92 Å². The van der Waals surface area contributed by atoms with Crippen molar-refractivity contribution in [2.45, 2.75) is 32.9 Å². The molecule has 19 heavy (non-hydrogen) atoms. The highest BCUT2D eigenvalue weighted by Gasteiger charge is 2.18. The highest BCUT2D eigenvalue weighted by atomic mass is 79.9. The van der Waals surface area contributed by atoms with Crippen molar-refractivity contribution in [1.82, 2.24) is 15.1 Å². The van der Waals surface area contributed by atoms with Gasteiger partial charge in [0, 0.05) is 17.2 Å². The van der Waals surface area contributed by atoms with E-state index < -0.39 is 0 Å². The van der Waals surface area contributed by atoms with Crippen molar-refractivity contribution < 1.29 is 0 Å². The Balaban J connectivity index is 2.41. The Bertz CT molecular complexity index is 548. The lowest BCUT2D eigenvalue weighted by atomic mass is 9.99. The van der Waals surface area contributed by atoms with Crippen LogP contribution in [0.5, 0.6) is 0 Å². The zero-order valence-corrected chi connectivity index (χ0v) is 13.2. The van der Waals surface area contributed by atoms with Gasteiger partial charge in [0.25, 0.3) is 0 Å². The molecule has 3 nitrogen and oxygen atoms in total. The molecule has 1 aromatic carbocycles. The highest BCUT2D eigenvalue weighted by Crippen LogP contribution is 2.26. The molecule has 2 aromatic rings. The molecule has 0 amide bonds. The summed E-state index contributed by atoms with van der Waals surface area (Å²) >= 11 is 3.52. The second-order valence-corrected chi connectivity index (χ2v) is 5.62. The predicted octanol–water partition coefficient (Wildman–Crippen LogP) is 3.67. The van der Waals surface area contributed by atoms with Crippen molar-refractivity contribution in [3.05, 3.63) is 51.8 Å². The van der Waals surface area contributed by atoms with Gasteiger partial charge in [-0.05, 0) is 49.7 Å². The Labute approximate surface area is 123 Å². The van der Waals surface area contributed by atoms with Gasteiger partial charge in [0.05, 0.1) is 11.7 Å². The van der Waals surface area contributed by atoms with Crippen LogP contribution in [0.25, 0.3) is 0 Å². The van der Waals surface area contributed by atoms with E-state index in [0.29, 0.717) is 0 Å². The second-order valence-electron chi connectivity index (χ2n) is 4.70. The lowest BCUT2D eigenvalue weighted by Crippen LogP contribution is -2.22. The number of nitrogens with one attached hydrogen (secondary N) is 1. The monoisotopic (exact) mass is 321 g/mol. The number of hydrogen-bond donors (Lipinski definition) is 1. The summed E-state index contributed by atoms with van der Waals surface area (Å²) in [6.07, 6.45) is 2.97. The third-order valence-corrected chi connectivity index (χ3v) is 3.81. The molecule has 1 N–H and O–H groups in total. The Morgan fingerprint density at radius 1 is 1.37 bits per heavy atom. The van der Waals surface area contributed by atoms with Gasteiger partial charge < -0.3 is 5.32 Å². The third-order valence-electron chi connectivity index (χ3n) is 3.31. The predicted molar refractivity (Wildman–Crippen MR) is 82.3 cm³/mol. The number of hydrogen-bond acceptors (Lipinski definition) is 2. The summed E-state index contributed by atoms with van der Waals surface area (Å²) in [7, 11) is 2.00. The molecule has 1 heterocycles. The molecular weight excluding hydrogens is 302 g/mol. The molecule has 0 spiro atoms. The van der Waals surface area contributed by atoms with E-state index in [2.05, 4.69) is 69.1 Å². The molecular formula is C15H20BrN3. The maximum Gasteiger partial charge on any atom is 0.0748 e. The van der Waals surface area contributed by atoms with Gasteiger partial charge in [0.1, 0.15) is 0 Å². The topological polar surface area (TPSA) is 29.9 Å². The molecule has 0 aliphatic rings. The lowest BCUT2D eigenvalue weighted by molar-refractivity contribution is 0.534. The van der Waals surface area contributed by atoms with Crippen LogP contribution in [0.3, 0.4) is 0 Å². The maximum absolute atomic E-state index is 4.41. The molecule has 0 aliphatic carbocycles. The zero-order valence-electron chi connectivity index (χ0n) is 11.7. The van der Waals surface area contributed by atoms with Crippen molar-refractivity contribution in [2.24, 2.45) is 0 Å². The highest BCUT2D eigenvalue weighted by molar-refractivity contribution is 9.10. The summed E-state index contributed by atoms with van der Waals surface area (Å²) in [5.41, 5.74) is 3.79. The minimum atomic E-state index is 0.183. The molecule has 1 unspecified atom stereocenters. The first-order valence-electron chi connectivity index (χ1n) is 6.62. The van der Waals surface area contributed by atoms with E-state index in [-0.39, 0.29) is 6.04 Å². The summed E-state index contributed by atoms with van der Waals surface area (Å²) in [6, 6.07) is 8.69. The molecule has 0 fully saturated rings. The number of nitrogens with zero attached hydrogens (tertiary/aromatic N) is 2. The summed E-state index contributed by atoms with van der Waals surface area (Å²) in [4.78, 5) is 0. The van der Waals surface area contributed by atoms with Crippen LogP contribution in [0.4, 0.5) is 0 Å². The molecule has 0 aliphatic heterocycles. The van der Waals surface area contributed by atoms with Gasteiger partial charge in [0.2, 0.25) is 0 Å². The van der Waals surface area contributed by atoms with Gasteiger partial charge in [-0.3, -0.25) is 4.68 Å². The Kier molecular flexibility index (Phi) is 4.77. The van der Waals surface area contributed by atoms with E-state index in [4.69, 9.17) is 0 Å². The van der Waals surface area contributed by atoms with Gasteiger partial charge in [-0.25, -0.2) is 0 Å². The molecule has 0 radical (unpaired) electrons. The van der Waals surface area contributed by atoms with Gasteiger partial charge in [-0.1, -0.05) is 28.9 Å². The fraction of sp³-hybridized carbons (Fsp3) is 0.400. The first-order chi connectivity index (χ1) is 9.17. The quantitative estimate of drug-likeness (QED) is 0.910. The van der Waals surface area contributed by atoms with E-state index in [1.165, 1.54) is 16.8 Å². The van der Waals surface area contributed by atoms with Crippen molar-refractivity contribution in [2.75, 3.05) is 7.05 Å². The van der Waals surface area contributed by atoms with Crippen LogP contribution in [-0.4, -0.2) is 16.8 Å². The van der Waals surface area contributed by atoms with Crippen LogP contribution in [-0.2, 0) is 6.54 Å². The molecule has 1 aromatic heterocycles. The summed E-state index contributed by atoms with van der Waals surface area (Å²) in [5.74, 6) is 0. The summed E-state index contributed by atoms with van der Waals surface area (Å²) < 4.78 is 3.20. The molecule has 102 valence electrons. The minimum absolute atomic E-state index is 0.183. The van der Waals surface area contributed by atoms with Crippen LogP contribution < -0.4 is 5.32 Å². The molecule has 2 rings (SSSR count). The van der Waals surface area contributed by atoms with E-state index in [0.717, 1.165) is 17.4 Å². The van der Waals surface area contributed by atoms with Gasteiger partial charge >= 0.3 is 0 Å². The van der Waals surface area contributed by atoms with E-state index >= 15 is 0 Å². The number of aromatic nitrogens is 2. The lowest BCUT2D eigenvalue weighted by Gasteiger charge is -2.20. The molecule has 0 saturated carbocycles. The summed E-state index contributed by atoms with van der Waals surface area (Å²) in [6.45, 7) is 5.27. The zero-order chi connectivity index (χ0) is 13.8. The molecule has 1 atom stereocenters. The molecule has 0 saturated heterocycles. The average Bonchev–Trinajstić information content (AvgIpc) is 2.82. The van der Waals surface area contributed by atoms with Gasteiger partial charge in [0.15, 0.2) is 0 Å². The Hall–Kier alpha value is -1.13. The van der Waals surface area contributed by atoms with Crippen molar-refractivity contribution in [1.29, 1.82) is 0 Å². The van der Waals surface area contributed by atoms with E-state index in [1.54, 1.807) is 0 Å². The fourth-order valence-corrected chi connectivity index (χ4v) is 2.89. The number of halogens is 1. The van der Waals surface area contributed by atoms with E-state index in [1.807, 2.05) is 13.2 Å². The van der Waals surface area contributed by atoms with Crippen molar-refractivity contribution >= 4 is 15.9 Å². The SMILES string of the molecule is CCCn1nccc1C(NC)c1ccc(Br)cc1C. The fourth-order valence-electron chi connectivity index (χ4n) is 2.41. The third kappa shape index (κ3) is 3.07. The van der Waals surface area contributed by atoms with E-state index in [9.17, 15) is 0 Å². The van der Waals surface area contributed by atoms with Crippen molar-refractivity contribution in [3.63, 3.8) is 0 Å². The van der Waals surface area contributed by atoms with Gasteiger partial charge in [-0.15, -0.1) is 0 Å². The number of benzene rings is 1. The van der Waals surface area contributed by atoms with Crippen LogP contribution in [0.1, 0.15) is 36.2 Å². The average molecular weight is 322 g/mol. The number of aryl methyl sites for hydroxylation is 2. The maximum atomic E-state index is 4.41. The van der Waals surface area contributed by atoms with Gasteiger partial charge in [-0.2, -0.15) is 5.10 Å². The molecule has 4 heteroatoms. The van der Waals surface area contributed by atoms with Crippen molar-refractivity contribution in [3.8, 4) is 0 Å². The normalized spacial score (nSPS) is 12.6. The first kappa shape index (κ1) is 14.3. The standard InChI is InChI=1S/C15H20BrN3/c1-4-9-19-14(7-8-18-19)15(17-3)13-6-5-12(16)10-11(13)2/h5-8,10,15,17H,4,9H2,1-3H3. The number of rotatable bonds is 5. The smallest absolute Gasteiger partial charge is 0.0748 e. The minimum Gasteiger partial charge on any atom is -0.308 e. The largest absolute Gasteiger partial charge is 0.308 e. The van der Waals surface area contributed by atoms with Crippen LogP contribution in [0.2, 0.25) is 0 Å².